The molecule has 23 heavy (non-hydrogen) atoms. The lowest BCUT2D eigenvalue weighted by molar-refractivity contribution is -0.384. The summed E-state index contributed by atoms with van der Waals surface area (Å²) in [4.78, 5) is 10.1. The lowest BCUT2D eigenvalue weighted by Gasteiger charge is -2.24. The summed E-state index contributed by atoms with van der Waals surface area (Å²) in [5.41, 5.74) is 1.49. The molecule has 0 radical (unpaired) electrons. The Kier molecular flexibility index (Phi) is 3.82. The summed E-state index contributed by atoms with van der Waals surface area (Å²) in [5.74, 6) is -0.369. The van der Waals surface area contributed by atoms with Crippen molar-refractivity contribution < 1.29 is 14.5 Å². The predicted molar refractivity (Wildman–Crippen MR) is 78.7 cm³/mol. The molecule has 1 heterocycles. The molecular weight excluding hydrogens is 303 g/mol. The Morgan fingerprint density at radius 2 is 1.78 bits per heavy atom. The number of hydroxylamine groups is 2. The molecule has 8 heteroatoms. The molecule has 0 aliphatic carbocycles. The average Bonchev–Trinajstić information content (AvgIpc) is 2.55. The average molecular weight is 314 g/mol. The largest absolute Gasteiger partial charge is 0.286 e. The molecule has 1 unspecified atom stereocenters. The molecule has 0 aromatic heterocycles. The first kappa shape index (κ1) is 14.8. The van der Waals surface area contributed by atoms with Gasteiger partial charge in [0.05, 0.1) is 11.1 Å². The van der Waals surface area contributed by atoms with Crippen molar-refractivity contribution in [2.75, 3.05) is 0 Å². The Labute approximate surface area is 130 Å². The van der Waals surface area contributed by atoms with E-state index in [2.05, 4.69) is 10.2 Å². The van der Waals surface area contributed by atoms with E-state index < -0.39 is 11.1 Å². The van der Waals surface area contributed by atoms with Gasteiger partial charge in [-0.25, -0.2) is 9.45 Å². The van der Waals surface area contributed by atoms with Gasteiger partial charge < -0.3 is 0 Å². The molecule has 2 aromatic rings. The van der Waals surface area contributed by atoms with Gasteiger partial charge in [-0.15, -0.1) is 0 Å². The highest BCUT2D eigenvalue weighted by atomic mass is 19.1. The maximum Gasteiger partial charge on any atom is 0.269 e. The highest BCUT2D eigenvalue weighted by Gasteiger charge is 2.21. The Bertz CT molecular complexity index is 787. The molecule has 0 amide bonds. The third-order valence-electron chi connectivity index (χ3n) is 3.32. The van der Waals surface area contributed by atoms with E-state index >= 15 is 0 Å². The second kappa shape index (κ2) is 5.93. The maximum atomic E-state index is 12.9. The van der Waals surface area contributed by atoms with Crippen LogP contribution < -0.4 is 0 Å². The Morgan fingerprint density at radius 1 is 1.13 bits per heavy atom. The van der Waals surface area contributed by atoms with Crippen molar-refractivity contribution in [1.29, 1.82) is 0 Å². The van der Waals surface area contributed by atoms with Crippen LogP contribution in [0.2, 0.25) is 0 Å². The number of non-ortho nitro benzene ring substituents is 1. The molecular formula is C15H11FN4O3. The highest BCUT2D eigenvalue weighted by Crippen LogP contribution is 2.31. The quantitative estimate of drug-likeness (QED) is 0.687. The van der Waals surface area contributed by atoms with Crippen LogP contribution in [0.1, 0.15) is 17.3 Å². The van der Waals surface area contributed by atoms with E-state index in [1.165, 1.54) is 54.7 Å². The zero-order valence-corrected chi connectivity index (χ0v) is 11.7. The summed E-state index contributed by atoms with van der Waals surface area (Å²) >= 11 is 0. The Morgan fingerprint density at radius 3 is 2.35 bits per heavy atom. The van der Waals surface area contributed by atoms with Crippen molar-refractivity contribution in [2.45, 2.75) is 6.17 Å². The van der Waals surface area contributed by atoms with Crippen LogP contribution in [-0.4, -0.2) is 15.2 Å². The van der Waals surface area contributed by atoms with Crippen LogP contribution in [0.4, 0.5) is 10.1 Å². The fourth-order valence-electron chi connectivity index (χ4n) is 2.13. The third-order valence-corrected chi connectivity index (χ3v) is 3.32. The van der Waals surface area contributed by atoms with Crippen LogP contribution in [0, 0.1) is 15.9 Å². The molecule has 0 spiro atoms. The van der Waals surface area contributed by atoms with Crippen molar-refractivity contribution in [3.8, 4) is 0 Å². The van der Waals surface area contributed by atoms with Crippen molar-refractivity contribution in [3.05, 3.63) is 81.8 Å². The number of benzene rings is 2. The summed E-state index contributed by atoms with van der Waals surface area (Å²) in [7, 11) is 0. The van der Waals surface area contributed by atoms with Gasteiger partial charge in [-0.2, -0.15) is 10.2 Å². The molecule has 1 aliphatic heterocycles. The number of nitrogens with zero attached hydrogens (tertiary/aromatic N) is 4. The molecule has 0 bridgehead atoms. The van der Waals surface area contributed by atoms with E-state index in [0.29, 0.717) is 16.8 Å². The zero-order valence-electron chi connectivity index (χ0n) is 11.7. The van der Waals surface area contributed by atoms with E-state index in [1.54, 1.807) is 0 Å². The number of hydrogen-bond acceptors (Lipinski definition) is 6. The number of azo groups is 1. The topological polar surface area (TPSA) is 91.3 Å². The second-order valence-corrected chi connectivity index (χ2v) is 4.84. The highest BCUT2D eigenvalue weighted by molar-refractivity contribution is 5.64. The number of rotatable bonds is 3. The SMILES string of the molecule is O=[N+]([O-])c1ccc(C2N=NC(c3ccc(F)cc3)=CN2O)cc1. The zero-order chi connectivity index (χ0) is 16.4. The summed E-state index contributed by atoms with van der Waals surface area (Å²) in [6.07, 6.45) is 0.576. The van der Waals surface area contributed by atoms with Gasteiger partial charge in [0.25, 0.3) is 5.69 Å². The van der Waals surface area contributed by atoms with Crippen molar-refractivity contribution in [3.63, 3.8) is 0 Å². The molecule has 2 aromatic carbocycles. The first-order chi connectivity index (χ1) is 11.0. The monoisotopic (exact) mass is 314 g/mol. The normalized spacial score (nSPS) is 17.0. The van der Waals surface area contributed by atoms with E-state index in [-0.39, 0.29) is 11.5 Å². The van der Waals surface area contributed by atoms with Gasteiger partial charge >= 0.3 is 0 Å². The van der Waals surface area contributed by atoms with Crippen LogP contribution in [0.15, 0.2) is 65.0 Å². The van der Waals surface area contributed by atoms with Gasteiger partial charge in [0, 0.05) is 23.3 Å². The van der Waals surface area contributed by atoms with Crippen LogP contribution in [0.25, 0.3) is 5.70 Å². The fourth-order valence-corrected chi connectivity index (χ4v) is 2.13. The number of hydrogen-bond donors (Lipinski definition) is 1. The van der Waals surface area contributed by atoms with E-state index in [1.807, 2.05) is 0 Å². The molecule has 7 nitrogen and oxygen atoms in total. The second-order valence-electron chi connectivity index (χ2n) is 4.84. The summed E-state index contributed by atoms with van der Waals surface area (Å²) in [6, 6.07) is 11.3. The summed E-state index contributed by atoms with van der Waals surface area (Å²) in [6.45, 7) is 0. The van der Waals surface area contributed by atoms with Crippen molar-refractivity contribution >= 4 is 11.4 Å². The van der Waals surface area contributed by atoms with Crippen LogP contribution in [-0.2, 0) is 0 Å². The van der Waals surface area contributed by atoms with Crippen LogP contribution in [0.3, 0.4) is 0 Å². The van der Waals surface area contributed by atoms with Gasteiger partial charge in [-0.05, 0) is 36.4 Å². The standard InChI is InChI=1S/C15H11FN4O3/c16-12-5-1-10(2-6-12)14-9-19(21)15(18-17-14)11-3-7-13(8-4-11)20(22)23/h1-9,15,21H. The molecule has 0 saturated carbocycles. The number of nitro benzene ring substituents is 1. The lowest BCUT2D eigenvalue weighted by Crippen LogP contribution is -2.20. The maximum absolute atomic E-state index is 12.9. The number of nitro groups is 1. The minimum absolute atomic E-state index is 0.0477. The molecule has 1 atom stereocenters. The minimum atomic E-state index is -0.792. The molecule has 3 rings (SSSR count). The molecule has 116 valence electrons. The predicted octanol–water partition coefficient (Wildman–Crippen LogP) is 3.89. The van der Waals surface area contributed by atoms with E-state index in [4.69, 9.17) is 0 Å². The van der Waals surface area contributed by atoms with Crippen molar-refractivity contribution in [1.82, 2.24) is 5.06 Å². The third kappa shape index (κ3) is 3.06. The van der Waals surface area contributed by atoms with Crippen LogP contribution >= 0.6 is 0 Å². The minimum Gasteiger partial charge on any atom is -0.286 e. The van der Waals surface area contributed by atoms with Crippen molar-refractivity contribution in [2.24, 2.45) is 10.2 Å². The van der Waals surface area contributed by atoms with Gasteiger partial charge in [-0.1, -0.05) is 0 Å². The molecule has 0 fully saturated rings. The molecule has 0 saturated heterocycles. The Balaban J connectivity index is 1.82. The fraction of sp³-hybridized carbons (Fsp3) is 0.0667. The summed E-state index contributed by atoms with van der Waals surface area (Å²) in [5, 5.41) is 29.6. The van der Waals surface area contributed by atoms with Gasteiger partial charge in [0.1, 0.15) is 11.5 Å². The van der Waals surface area contributed by atoms with Gasteiger partial charge in [0.15, 0.2) is 6.17 Å². The first-order valence-corrected chi connectivity index (χ1v) is 6.65. The van der Waals surface area contributed by atoms with Gasteiger partial charge in [-0.3, -0.25) is 15.3 Å². The lowest BCUT2D eigenvalue weighted by atomic mass is 10.1. The van der Waals surface area contributed by atoms with Gasteiger partial charge in [0.2, 0.25) is 0 Å². The first-order valence-electron chi connectivity index (χ1n) is 6.65. The molecule has 1 aliphatic rings. The van der Waals surface area contributed by atoms with Crippen LogP contribution in [0.5, 0.6) is 0 Å². The number of halogens is 1. The Hall–Kier alpha value is -3.13. The van der Waals surface area contributed by atoms with E-state index in [9.17, 15) is 19.7 Å². The van der Waals surface area contributed by atoms with E-state index in [0.717, 1.165) is 5.06 Å². The molecule has 1 N–H and O–H groups in total. The summed E-state index contributed by atoms with van der Waals surface area (Å²) < 4.78 is 12.9. The smallest absolute Gasteiger partial charge is 0.269 e.